The molecule has 1 N–H and O–H groups in total. The molecule has 3 rings (SSSR count). The van der Waals surface area contributed by atoms with Gasteiger partial charge in [0, 0.05) is 32.2 Å². The van der Waals surface area contributed by atoms with Crippen molar-refractivity contribution in [2.75, 3.05) is 32.7 Å². The number of rotatable bonds is 4. The first-order valence-corrected chi connectivity index (χ1v) is 9.19. The van der Waals surface area contributed by atoms with Gasteiger partial charge in [-0.3, -0.25) is 0 Å². The van der Waals surface area contributed by atoms with Crippen LogP contribution in [0.15, 0.2) is 12.2 Å². The van der Waals surface area contributed by atoms with Gasteiger partial charge in [0.1, 0.15) is 0 Å². The summed E-state index contributed by atoms with van der Waals surface area (Å²) in [7, 11) is 0. The highest BCUT2D eigenvalue weighted by Gasteiger charge is 2.35. The van der Waals surface area contributed by atoms with Crippen LogP contribution in [0.25, 0.3) is 0 Å². The van der Waals surface area contributed by atoms with Crippen molar-refractivity contribution in [3.63, 3.8) is 0 Å². The molecule has 2 amide bonds. The molecule has 3 aliphatic rings. The zero-order valence-electron chi connectivity index (χ0n) is 14.0. The van der Waals surface area contributed by atoms with Gasteiger partial charge in [0.25, 0.3) is 0 Å². The molecule has 2 atom stereocenters. The fraction of sp³-hybridized carbons (Fsp3) is 0.833. The smallest absolute Gasteiger partial charge is 0.317 e. The Kier molecular flexibility index (Phi) is 5.40. The standard InChI is InChI=1S/C18H31N3O/c1-2-3-10-20-11-8-17(9-12-20)19-18(22)21-13-15-6-4-5-7-16(15)14-21/h4-5,15-17H,2-3,6-14H2,1H3,(H,19,22)/t15-,16-/m1/s1. The molecule has 0 aromatic carbocycles. The van der Waals surface area contributed by atoms with Crippen molar-refractivity contribution >= 4 is 6.03 Å². The Labute approximate surface area is 134 Å². The summed E-state index contributed by atoms with van der Waals surface area (Å²) in [5, 5.41) is 3.29. The zero-order chi connectivity index (χ0) is 15.4. The van der Waals surface area contributed by atoms with E-state index in [0.717, 1.165) is 51.9 Å². The molecule has 0 aromatic heterocycles. The summed E-state index contributed by atoms with van der Waals surface area (Å²) in [6.07, 6.45) is 11.7. The van der Waals surface area contributed by atoms with Crippen LogP contribution < -0.4 is 5.32 Å². The number of unbranched alkanes of at least 4 members (excludes halogenated alkanes) is 1. The zero-order valence-corrected chi connectivity index (χ0v) is 14.0. The highest BCUT2D eigenvalue weighted by molar-refractivity contribution is 5.75. The first-order valence-electron chi connectivity index (χ1n) is 9.19. The number of likely N-dealkylation sites (tertiary alicyclic amines) is 2. The Balaban J connectivity index is 1.40. The summed E-state index contributed by atoms with van der Waals surface area (Å²) in [5.41, 5.74) is 0. The molecule has 4 nitrogen and oxygen atoms in total. The number of piperidine rings is 1. The lowest BCUT2D eigenvalue weighted by Crippen LogP contribution is -2.49. The average molecular weight is 305 g/mol. The highest BCUT2D eigenvalue weighted by Crippen LogP contribution is 2.32. The molecular formula is C18H31N3O. The Morgan fingerprint density at radius 2 is 1.77 bits per heavy atom. The monoisotopic (exact) mass is 305 g/mol. The minimum atomic E-state index is 0.182. The van der Waals surface area contributed by atoms with E-state index < -0.39 is 0 Å². The van der Waals surface area contributed by atoms with Crippen molar-refractivity contribution in [2.24, 2.45) is 11.8 Å². The van der Waals surface area contributed by atoms with Crippen LogP contribution in [0.4, 0.5) is 4.79 Å². The van der Waals surface area contributed by atoms with Crippen LogP contribution in [-0.2, 0) is 0 Å². The number of nitrogens with zero attached hydrogens (tertiary/aromatic N) is 2. The van der Waals surface area contributed by atoms with Gasteiger partial charge in [-0.1, -0.05) is 25.5 Å². The molecule has 0 radical (unpaired) electrons. The third-order valence-electron chi connectivity index (χ3n) is 5.65. The second kappa shape index (κ2) is 7.49. The van der Waals surface area contributed by atoms with Crippen molar-refractivity contribution in [3.8, 4) is 0 Å². The van der Waals surface area contributed by atoms with Gasteiger partial charge in [0.2, 0.25) is 0 Å². The van der Waals surface area contributed by atoms with Crippen molar-refractivity contribution in [1.82, 2.24) is 15.1 Å². The molecular weight excluding hydrogens is 274 g/mol. The van der Waals surface area contributed by atoms with E-state index in [1.807, 2.05) is 0 Å². The van der Waals surface area contributed by atoms with Crippen LogP contribution in [0.3, 0.4) is 0 Å². The first kappa shape index (κ1) is 15.9. The summed E-state index contributed by atoms with van der Waals surface area (Å²) in [6, 6.07) is 0.563. The fourth-order valence-corrected chi connectivity index (χ4v) is 4.13. The van der Waals surface area contributed by atoms with Gasteiger partial charge in [0.15, 0.2) is 0 Å². The van der Waals surface area contributed by atoms with Gasteiger partial charge in [-0.15, -0.1) is 0 Å². The van der Waals surface area contributed by atoms with Crippen molar-refractivity contribution < 1.29 is 4.79 Å². The van der Waals surface area contributed by atoms with Crippen LogP contribution >= 0.6 is 0 Å². The van der Waals surface area contributed by atoms with Gasteiger partial charge in [-0.05, 0) is 50.5 Å². The third-order valence-corrected chi connectivity index (χ3v) is 5.65. The number of nitrogens with one attached hydrogen (secondary N) is 1. The average Bonchev–Trinajstić information content (AvgIpc) is 2.98. The Morgan fingerprint density at radius 1 is 1.14 bits per heavy atom. The normalized spacial score (nSPS) is 29.6. The summed E-state index contributed by atoms with van der Waals surface area (Å²) in [5.74, 6) is 1.40. The van der Waals surface area contributed by atoms with E-state index in [1.54, 1.807) is 0 Å². The van der Waals surface area contributed by atoms with Gasteiger partial charge < -0.3 is 15.1 Å². The molecule has 2 saturated heterocycles. The Morgan fingerprint density at radius 3 is 2.36 bits per heavy atom. The molecule has 22 heavy (non-hydrogen) atoms. The van der Waals surface area contributed by atoms with Crippen LogP contribution in [0.2, 0.25) is 0 Å². The molecule has 0 bridgehead atoms. The number of fused-ring (bicyclic) bond motifs is 1. The lowest BCUT2D eigenvalue weighted by Gasteiger charge is -2.33. The van der Waals surface area contributed by atoms with E-state index in [0.29, 0.717) is 17.9 Å². The number of urea groups is 1. The van der Waals surface area contributed by atoms with Crippen LogP contribution in [0.1, 0.15) is 45.4 Å². The number of hydrogen-bond acceptors (Lipinski definition) is 2. The highest BCUT2D eigenvalue weighted by atomic mass is 16.2. The van der Waals surface area contributed by atoms with Crippen LogP contribution in [-0.4, -0.2) is 54.6 Å². The maximum Gasteiger partial charge on any atom is 0.317 e. The summed E-state index contributed by atoms with van der Waals surface area (Å²) in [6.45, 7) is 7.66. The fourth-order valence-electron chi connectivity index (χ4n) is 4.13. The van der Waals surface area contributed by atoms with E-state index in [2.05, 4.69) is 34.2 Å². The number of allylic oxidation sites excluding steroid dienone is 2. The SMILES string of the molecule is CCCCN1CCC(NC(=O)N2C[C@H]3CC=CC[C@@H]3C2)CC1. The van der Waals surface area contributed by atoms with Crippen molar-refractivity contribution in [3.05, 3.63) is 12.2 Å². The summed E-state index contributed by atoms with van der Waals surface area (Å²) in [4.78, 5) is 17.1. The molecule has 4 heteroatoms. The number of amides is 2. The molecule has 0 spiro atoms. The van der Waals surface area contributed by atoms with Gasteiger partial charge >= 0.3 is 6.03 Å². The molecule has 0 aromatic rings. The van der Waals surface area contributed by atoms with Crippen LogP contribution in [0.5, 0.6) is 0 Å². The van der Waals surface area contributed by atoms with E-state index >= 15 is 0 Å². The Hall–Kier alpha value is -1.03. The van der Waals surface area contributed by atoms with Gasteiger partial charge in [-0.25, -0.2) is 4.79 Å². The molecule has 0 unspecified atom stereocenters. The maximum atomic E-state index is 12.5. The lowest BCUT2D eigenvalue weighted by molar-refractivity contribution is 0.175. The minimum Gasteiger partial charge on any atom is -0.335 e. The lowest BCUT2D eigenvalue weighted by atomic mass is 9.86. The van der Waals surface area contributed by atoms with E-state index in [1.165, 1.54) is 19.4 Å². The molecule has 1 aliphatic carbocycles. The van der Waals surface area contributed by atoms with Crippen molar-refractivity contribution in [2.45, 2.75) is 51.5 Å². The second-order valence-electron chi connectivity index (χ2n) is 7.29. The number of hydrogen-bond donors (Lipinski definition) is 1. The third kappa shape index (κ3) is 3.83. The van der Waals surface area contributed by atoms with Gasteiger partial charge in [-0.2, -0.15) is 0 Å². The largest absolute Gasteiger partial charge is 0.335 e. The predicted octanol–water partition coefficient (Wildman–Crippen LogP) is 2.86. The quantitative estimate of drug-likeness (QED) is 0.811. The Bertz CT molecular complexity index is 385. The first-order chi connectivity index (χ1) is 10.8. The van der Waals surface area contributed by atoms with E-state index in [-0.39, 0.29) is 6.03 Å². The van der Waals surface area contributed by atoms with E-state index in [9.17, 15) is 4.79 Å². The van der Waals surface area contributed by atoms with Crippen LogP contribution in [0, 0.1) is 11.8 Å². The summed E-state index contributed by atoms with van der Waals surface area (Å²) >= 11 is 0. The summed E-state index contributed by atoms with van der Waals surface area (Å²) < 4.78 is 0. The van der Waals surface area contributed by atoms with E-state index in [4.69, 9.17) is 0 Å². The molecule has 2 heterocycles. The minimum absolute atomic E-state index is 0.182. The van der Waals surface area contributed by atoms with Gasteiger partial charge in [0.05, 0.1) is 0 Å². The molecule has 124 valence electrons. The van der Waals surface area contributed by atoms with Crippen molar-refractivity contribution in [1.29, 1.82) is 0 Å². The second-order valence-corrected chi connectivity index (χ2v) is 7.29. The molecule has 0 saturated carbocycles. The maximum absolute atomic E-state index is 12.5. The predicted molar refractivity (Wildman–Crippen MR) is 89.8 cm³/mol. The molecule has 2 aliphatic heterocycles. The topological polar surface area (TPSA) is 35.6 Å². The number of carbonyl (C=O) groups excluding carboxylic acids is 1. The number of carbonyl (C=O) groups is 1. The molecule has 2 fully saturated rings.